The Kier molecular flexibility index (Phi) is 4.38. The standard InChI is InChI=1S/C14H17Cl2N3/c1-4-13-10(8-19(3)18-13)7-17-14-6-11(15)9(2)5-12(14)16/h5-6,8,17H,4,7H2,1-3H3. The Bertz CT molecular complexity index is 591. The van der Waals surface area contributed by atoms with Gasteiger partial charge in [-0.1, -0.05) is 30.1 Å². The Balaban J connectivity index is 2.16. The molecule has 102 valence electrons. The van der Waals surface area contributed by atoms with Gasteiger partial charge in [-0.15, -0.1) is 0 Å². The SMILES string of the molecule is CCc1nn(C)cc1CNc1cc(Cl)c(C)cc1Cl. The van der Waals surface area contributed by atoms with Gasteiger partial charge in [-0.05, 0) is 31.0 Å². The number of aryl methyl sites for hydroxylation is 3. The maximum Gasteiger partial charge on any atom is 0.0671 e. The van der Waals surface area contributed by atoms with Gasteiger partial charge in [0.2, 0.25) is 0 Å². The molecule has 2 rings (SSSR count). The van der Waals surface area contributed by atoms with Crippen molar-refractivity contribution in [2.75, 3.05) is 5.32 Å². The van der Waals surface area contributed by atoms with E-state index < -0.39 is 0 Å². The molecule has 0 amide bonds. The Morgan fingerprint density at radius 3 is 2.68 bits per heavy atom. The predicted octanol–water partition coefficient (Wildman–Crippen LogP) is 4.21. The summed E-state index contributed by atoms with van der Waals surface area (Å²) in [6.45, 7) is 4.73. The van der Waals surface area contributed by atoms with Crippen LogP contribution in [0.2, 0.25) is 10.0 Å². The highest BCUT2D eigenvalue weighted by Gasteiger charge is 2.08. The van der Waals surface area contributed by atoms with Crippen LogP contribution in [0.4, 0.5) is 5.69 Å². The zero-order valence-corrected chi connectivity index (χ0v) is 12.8. The van der Waals surface area contributed by atoms with E-state index in [4.69, 9.17) is 23.2 Å². The van der Waals surface area contributed by atoms with Crippen molar-refractivity contribution in [3.05, 3.63) is 45.2 Å². The molecule has 0 radical (unpaired) electrons. The fourth-order valence-corrected chi connectivity index (χ4v) is 2.45. The zero-order valence-electron chi connectivity index (χ0n) is 11.3. The van der Waals surface area contributed by atoms with Crippen molar-refractivity contribution in [3.63, 3.8) is 0 Å². The maximum absolute atomic E-state index is 6.20. The highest BCUT2D eigenvalue weighted by atomic mass is 35.5. The molecule has 1 heterocycles. The van der Waals surface area contributed by atoms with Crippen LogP contribution in [0.15, 0.2) is 18.3 Å². The van der Waals surface area contributed by atoms with Crippen LogP contribution in [0, 0.1) is 6.92 Å². The summed E-state index contributed by atoms with van der Waals surface area (Å²) in [5, 5.41) is 9.13. The molecule has 0 aliphatic carbocycles. The van der Waals surface area contributed by atoms with E-state index >= 15 is 0 Å². The number of nitrogens with one attached hydrogen (secondary N) is 1. The van der Waals surface area contributed by atoms with E-state index in [0.717, 1.165) is 23.4 Å². The first-order valence-electron chi connectivity index (χ1n) is 6.22. The average Bonchev–Trinajstić information content (AvgIpc) is 2.72. The topological polar surface area (TPSA) is 29.9 Å². The molecular formula is C14H17Cl2N3. The average molecular weight is 298 g/mol. The molecule has 19 heavy (non-hydrogen) atoms. The minimum absolute atomic E-state index is 0.684. The molecule has 0 saturated heterocycles. The lowest BCUT2D eigenvalue weighted by molar-refractivity contribution is 0.746. The molecule has 0 aliphatic heterocycles. The van der Waals surface area contributed by atoms with Crippen molar-refractivity contribution in [2.45, 2.75) is 26.8 Å². The molecule has 0 saturated carbocycles. The second-order valence-electron chi connectivity index (χ2n) is 4.56. The number of nitrogens with zero attached hydrogens (tertiary/aromatic N) is 2. The van der Waals surface area contributed by atoms with Crippen LogP contribution < -0.4 is 5.32 Å². The summed E-state index contributed by atoms with van der Waals surface area (Å²) in [5.74, 6) is 0. The van der Waals surface area contributed by atoms with Gasteiger partial charge in [0, 0.05) is 30.4 Å². The Hall–Kier alpha value is -1.19. The van der Waals surface area contributed by atoms with E-state index in [1.54, 1.807) is 0 Å². The van der Waals surface area contributed by atoms with Crippen molar-refractivity contribution < 1.29 is 0 Å². The van der Waals surface area contributed by atoms with Crippen LogP contribution in [0.5, 0.6) is 0 Å². The van der Waals surface area contributed by atoms with Crippen LogP contribution in [-0.4, -0.2) is 9.78 Å². The minimum Gasteiger partial charge on any atom is -0.380 e. The summed E-state index contributed by atoms with van der Waals surface area (Å²) in [7, 11) is 1.93. The maximum atomic E-state index is 6.20. The number of halogens is 2. The smallest absolute Gasteiger partial charge is 0.0671 e. The highest BCUT2D eigenvalue weighted by molar-refractivity contribution is 6.35. The van der Waals surface area contributed by atoms with Crippen LogP contribution >= 0.6 is 23.2 Å². The van der Waals surface area contributed by atoms with Crippen molar-refractivity contribution >= 4 is 28.9 Å². The minimum atomic E-state index is 0.684. The van der Waals surface area contributed by atoms with E-state index in [1.165, 1.54) is 5.56 Å². The van der Waals surface area contributed by atoms with Gasteiger partial charge < -0.3 is 5.32 Å². The third kappa shape index (κ3) is 3.23. The van der Waals surface area contributed by atoms with Crippen LogP contribution in [0.3, 0.4) is 0 Å². The molecule has 5 heteroatoms. The fraction of sp³-hybridized carbons (Fsp3) is 0.357. The number of anilines is 1. The third-order valence-electron chi connectivity index (χ3n) is 3.04. The number of aromatic nitrogens is 2. The second kappa shape index (κ2) is 5.85. The normalized spacial score (nSPS) is 10.8. The van der Waals surface area contributed by atoms with Crippen molar-refractivity contribution in [1.82, 2.24) is 9.78 Å². The molecule has 2 aromatic rings. The molecular weight excluding hydrogens is 281 g/mol. The summed E-state index contributed by atoms with van der Waals surface area (Å²) in [5.41, 5.74) is 4.11. The lowest BCUT2D eigenvalue weighted by Gasteiger charge is -2.10. The largest absolute Gasteiger partial charge is 0.380 e. The lowest BCUT2D eigenvalue weighted by Crippen LogP contribution is -2.02. The zero-order chi connectivity index (χ0) is 14.0. The summed E-state index contributed by atoms with van der Waals surface area (Å²) in [6, 6.07) is 3.73. The Labute approximate surface area is 123 Å². The molecule has 0 spiro atoms. The van der Waals surface area contributed by atoms with E-state index in [1.807, 2.05) is 37.0 Å². The van der Waals surface area contributed by atoms with Crippen LogP contribution in [-0.2, 0) is 20.0 Å². The molecule has 1 aromatic heterocycles. The number of benzene rings is 1. The molecule has 0 aliphatic rings. The van der Waals surface area contributed by atoms with E-state index in [9.17, 15) is 0 Å². The molecule has 1 aromatic carbocycles. The first-order chi connectivity index (χ1) is 9.01. The van der Waals surface area contributed by atoms with Crippen LogP contribution in [0.25, 0.3) is 0 Å². The van der Waals surface area contributed by atoms with Gasteiger partial charge in [-0.2, -0.15) is 5.10 Å². The molecule has 3 nitrogen and oxygen atoms in total. The van der Waals surface area contributed by atoms with Crippen molar-refractivity contribution in [1.29, 1.82) is 0 Å². The fourth-order valence-electron chi connectivity index (χ4n) is 2.00. The number of rotatable bonds is 4. The molecule has 0 bridgehead atoms. The quantitative estimate of drug-likeness (QED) is 0.916. The van der Waals surface area contributed by atoms with Gasteiger partial charge >= 0.3 is 0 Å². The first kappa shape index (κ1) is 14.2. The monoisotopic (exact) mass is 297 g/mol. The van der Waals surface area contributed by atoms with E-state index in [0.29, 0.717) is 16.6 Å². The molecule has 0 fully saturated rings. The Morgan fingerprint density at radius 1 is 1.26 bits per heavy atom. The third-order valence-corrected chi connectivity index (χ3v) is 3.76. The van der Waals surface area contributed by atoms with Crippen LogP contribution in [0.1, 0.15) is 23.7 Å². The van der Waals surface area contributed by atoms with Gasteiger partial charge in [0.25, 0.3) is 0 Å². The summed E-state index contributed by atoms with van der Waals surface area (Å²) >= 11 is 12.3. The highest BCUT2D eigenvalue weighted by Crippen LogP contribution is 2.29. The molecule has 1 N–H and O–H groups in total. The molecule has 0 atom stereocenters. The predicted molar refractivity (Wildman–Crippen MR) is 81.1 cm³/mol. The Morgan fingerprint density at radius 2 is 2.00 bits per heavy atom. The molecule has 0 unspecified atom stereocenters. The van der Waals surface area contributed by atoms with Crippen molar-refractivity contribution in [3.8, 4) is 0 Å². The first-order valence-corrected chi connectivity index (χ1v) is 6.97. The van der Waals surface area contributed by atoms with Gasteiger partial charge in [0.15, 0.2) is 0 Å². The van der Waals surface area contributed by atoms with Gasteiger partial charge in [0.05, 0.1) is 16.4 Å². The van der Waals surface area contributed by atoms with E-state index in [-0.39, 0.29) is 0 Å². The number of hydrogen-bond acceptors (Lipinski definition) is 2. The number of hydrogen-bond donors (Lipinski definition) is 1. The second-order valence-corrected chi connectivity index (χ2v) is 5.38. The van der Waals surface area contributed by atoms with Gasteiger partial charge in [-0.3, -0.25) is 4.68 Å². The van der Waals surface area contributed by atoms with Gasteiger partial charge in [-0.25, -0.2) is 0 Å². The van der Waals surface area contributed by atoms with Gasteiger partial charge in [0.1, 0.15) is 0 Å². The lowest BCUT2D eigenvalue weighted by atomic mass is 10.2. The van der Waals surface area contributed by atoms with E-state index in [2.05, 4.69) is 17.3 Å². The summed E-state index contributed by atoms with van der Waals surface area (Å²) in [4.78, 5) is 0. The summed E-state index contributed by atoms with van der Waals surface area (Å²) in [6.07, 6.45) is 2.94. The van der Waals surface area contributed by atoms with Crippen molar-refractivity contribution in [2.24, 2.45) is 7.05 Å². The summed E-state index contributed by atoms with van der Waals surface area (Å²) < 4.78 is 1.83.